The monoisotopic (exact) mass is 437 g/mol. The van der Waals surface area contributed by atoms with Gasteiger partial charge >= 0.3 is 0 Å². The predicted molar refractivity (Wildman–Crippen MR) is 104 cm³/mol. The maximum absolute atomic E-state index is 11.2. The molecular weight excluding hydrogens is 415 g/mol. The van der Waals surface area contributed by atoms with Crippen molar-refractivity contribution in [2.45, 2.75) is 48.3 Å². The van der Waals surface area contributed by atoms with Gasteiger partial charge in [-0.05, 0) is 60.1 Å². The molecular formula is C18H22KO6S2. The van der Waals surface area contributed by atoms with Crippen LogP contribution >= 0.6 is 0 Å². The Kier molecular flexibility index (Phi) is 9.31. The molecule has 0 fully saturated rings. The molecule has 0 saturated carbocycles. The Hall–Kier alpha value is -0.104. The molecule has 0 bridgehead atoms. The van der Waals surface area contributed by atoms with E-state index in [1.165, 1.54) is 24.3 Å². The van der Waals surface area contributed by atoms with Gasteiger partial charge in [-0.2, -0.15) is 16.8 Å². The van der Waals surface area contributed by atoms with E-state index in [9.17, 15) is 16.8 Å². The zero-order chi connectivity index (χ0) is 19.5. The smallest absolute Gasteiger partial charge is 0.282 e. The van der Waals surface area contributed by atoms with E-state index in [1.54, 1.807) is 24.3 Å². The van der Waals surface area contributed by atoms with Gasteiger partial charge in [0.2, 0.25) is 0 Å². The van der Waals surface area contributed by atoms with Crippen LogP contribution in [-0.2, 0) is 20.2 Å². The first-order valence-corrected chi connectivity index (χ1v) is 11.1. The topological polar surface area (TPSA) is 109 Å². The van der Waals surface area contributed by atoms with E-state index >= 15 is 0 Å². The SMILES string of the molecule is CC[C@H](c1ccc(S(=O)(=O)O)cc1)[C@@H](CC)c1ccc(S(=O)(=O)O)cc1.[K]. The molecule has 0 spiro atoms. The minimum absolute atomic E-state index is 0. The maximum atomic E-state index is 11.2. The second-order valence-electron chi connectivity index (χ2n) is 6.12. The number of benzene rings is 2. The molecule has 0 aliphatic rings. The minimum atomic E-state index is -4.23. The van der Waals surface area contributed by atoms with Gasteiger partial charge in [-0.25, -0.2) is 0 Å². The summed E-state index contributed by atoms with van der Waals surface area (Å²) in [6, 6.07) is 12.3. The van der Waals surface area contributed by atoms with E-state index in [0.717, 1.165) is 24.0 Å². The van der Waals surface area contributed by atoms with Crippen LogP contribution in [0.5, 0.6) is 0 Å². The Balaban J connectivity index is 0.00000364. The fraction of sp³-hybridized carbons (Fsp3) is 0.333. The van der Waals surface area contributed by atoms with Gasteiger partial charge in [0.05, 0.1) is 9.79 Å². The molecule has 2 rings (SSSR count). The molecule has 2 atom stereocenters. The summed E-state index contributed by atoms with van der Waals surface area (Å²) in [5, 5.41) is 0. The molecule has 0 heterocycles. The van der Waals surface area contributed by atoms with Crippen molar-refractivity contribution in [2.75, 3.05) is 0 Å². The maximum Gasteiger partial charge on any atom is 0.294 e. The fourth-order valence-electron chi connectivity index (χ4n) is 3.28. The van der Waals surface area contributed by atoms with Crippen LogP contribution in [0.15, 0.2) is 58.3 Å². The van der Waals surface area contributed by atoms with Crippen LogP contribution < -0.4 is 0 Å². The zero-order valence-electron chi connectivity index (χ0n) is 15.5. The van der Waals surface area contributed by atoms with Crippen LogP contribution in [0.4, 0.5) is 0 Å². The van der Waals surface area contributed by atoms with E-state index in [0.29, 0.717) is 0 Å². The van der Waals surface area contributed by atoms with Crippen LogP contribution in [0, 0.1) is 0 Å². The Morgan fingerprint density at radius 3 is 1.11 bits per heavy atom. The van der Waals surface area contributed by atoms with Gasteiger partial charge in [-0.15, -0.1) is 0 Å². The summed E-state index contributed by atoms with van der Waals surface area (Å²) < 4.78 is 63.0. The Labute approximate surface area is 203 Å². The first-order chi connectivity index (χ1) is 12.1. The van der Waals surface area contributed by atoms with Crippen molar-refractivity contribution in [2.24, 2.45) is 0 Å². The molecule has 0 unspecified atom stereocenters. The molecule has 6 nitrogen and oxygen atoms in total. The summed E-state index contributed by atoms with van der Waals surface area (Å²) in [5.74, 6) is 0.180. The van der Waals surface area contributed by atoms with Gasteiger partial charge in [0.25, 0.3) is 20.2 Å². The van der Waals surface area contributed by atoms with Crippen molar-refractivity contribution in [1.82, 2.24) is 0 Å². The van der Waals surface area contributed by atoms with E-state index in [1.807, 2.05) is 13.8 Å². The van der Waals surface area contributed by atoms with E-state index in [4.69, 9.17) is 9.11 Å². The molecule has 2 aromatic rings. The summed E-state index contributed by atoms with van der Waals surface area (Å²) in [6.45, 7) is 4.05. The van der Waals surface area contributed by atoms with Crippen molar-refractivity contribution in [3.05, 3.63) is 59.7 Å². The quantitative estimate of drug-likeness (QED) is 0.507. The van der Waals surface area contributed by atoms with Crippen molar-refractivity contribution in [1.29, 1.82) is 0 Å². The molecule has 2 aromatic carbocycles. The molecule has 143 valence electrons. The van der Waals surface area contributed by atoms with Crippen LogP contribution in [-0.4, -0.2) is 77.3 Å². The van der Waals surface area contributed by atoms with E-state index in [2.05, 4.69) is 0 Å². The zero-order valence-corrected chi connectivity index (χ0v) is 20.3. The molecule has 27 heavy (non-hydrogen) atoms. The Morgan fingerprint density at radius 2 is 0.926 bits per heavy atom. The van der Waals surface area contributed by atoms with E-state index in [-0.39, 0.29) is 73.0 Å². The summed E-state index contributed by atoms with van der Waals surface area (Å²) in [6.07, 6.45) is 1.59. The van der Waals surface area contributed by atoms with Crippen LogP contribution in [0.1, 0.15) is 49.7 Å². The Bertz CT molecular complexity index is 870. The normalized spacial score (nSPS) is 14.2. The molecule has 0 aliphatic heterocycles. The number of rotatable bonds is 7. The standard InChI is InChI=1S/C18H22O6S2.K/c1-3-17(13-5-9-15(10-6-13)25(19,20)21)18(4-2)14-7-11-16(12-8-14)26(22,23)24;/h5-12,17-18H,3-4H2,1-2H3,(H,19,20,21)(H,22,23,24);/t17-,18+;. The average molecular weight is 438 g/mol. The van der Waals surface area contributed by atoms with Crippen LogP contribution in [0.2, 0.25) is 0 Å². The third-order valence-corrected chi connectivity index (χ3v) is 6.31. The molecule has 0 saturated heterocycles. The first kappa shape index (κ1) is 24.9. The molecule has 0 aromatic heterocycles. The van der Waals surface area contributed by atoms with Crippen molar-refractivity contribution < 1.29 is 25.9 Å². The molecule has 0 aliphatic carbocycles. The number of hydrogen-bond donors (Lipinski definition) is 2. The summed E-state index contributed by atoms with van der Waals surface area (Å²) >= 11 is 0. The summed E-state index contributed by atoms with van der Waals surface area (Å²) in [7, 11) is -8.46. The fourth-order valence-corrected chi connectivity index (χ4v) is 4.24. The van der Waals surface area contributed by atoms with Crippen molar-refractivity contribution in [3.8, 4) is 0 Å². The molecule has 0 amide bonds. The minimum Gasteiger partial charge on any atom is -0.282 e. The molecule has 2 N–H and O–H groups in total. The predicted octanol–water partition coefficient (Wildman–Crippen LogP) is 3.49. The van der Waals surface area contributed by atoms with Crippen LogP contribution in [0.3, 0.4) is 0 Å². The summed E-state index contributed by atoms with van der Waals surface area (Å²) in [4.78, 5) is -0.302. The van der Waals surface area contributed by atoms with Crippen LogP contribution in [0.25, 0.3) is 0 Å². The first-order valence-electron chi connectivity index (χ1n) is 8.22. The number of hydrogen-bond acceptors (Lipinski definition) is 4. The van der Waals surface area contributed by atoms with Crippen molar-refractivity contribution >= 4 is 71.6 Å². The second-order valence-corrected chi connectivity index (χ2v) is 8.96. The Morgan fingerprint density at radius 1 is 0.667 bits per heavy atom. The second kappa shape index (κ2) is 10.1. The third kappa shape index (κ3) is 6.45. The molecule has 9 heteroatoms. The van der Waals surface area contributed by atoms with Gasteiger partial charge in [0.15, 0.2) is 0 Å². The average Bonchev–Trinajstić information content (AvgIpc) is 2.58. The van der Waals surface area contributed by atoms with Gasteiger partial charge < -0.3 is 0 Å². The molecule has 1 radical (unpaired) electrons. The third-order valence-electron chi connectivity index (χ3n) is 4.58. The van der Waals surface area contributed by atoms with Crippen molar-refractivity contribution in [3.63, 3.8) is 0 Å². The van der Waals surface area contributed by atoms with Gasteiger partial charge in [-0.3, -0.25) is 9.11 Å². The van der Waals surface area contributed by atoms with E-state index < -0.39 is 20.2 Å². The largest absolute Gasteiger partial charge is 0.294 e. The van der Waals surface area contributed by atoms with Gasteiger partial charge in [0, 0.05) is 51.4 Å². The summed E-state index contributed by atoms with van der Waals surface area (Å²) in [5.41, 5.74) is 1.87. The van der Waals surface area contributed by atoms with Gasteiger partial charge in [-0.1, -0.05) is 38.1 Å². The van der Waals surface area contributed by atoms with Gasteiger partial charge in [0.1, 0.15) is 0 Å².